The van der Waals surface area contributed by atoms with Gasteiger partial charge in [0.05, 0.1) is 19.1 Å². The maximum atomic E-state index is 11.2. The zero-order valence-electron chi connectivity index (χ0n) is 16.5. The number of benzene rings is 2. The Morgan fingerprint density at radius 1 is 1.18 bits per heavy atom. The average Bonchev–Trinajstić information content (AvgIpc) is 2.72. The van der Waals surface area contributed by atoms with Crippen LogP contribution in [-0.4, -0.2) is 48.8 Å². The number of carboxylic acid groups (broad SMARTS) is 1. The van der Waals surface area contributed by atoms with Gasteiger partial charge in [0.2, 0.25) is 0 Å². The van der Waals surface area contributed by atoms with Crippen molar-refractivity contribution >= 4 is 11.5 Å². The molecule has 0 radical (unpaired) electrons. The Balaban J connectivity index is 1.58. The van der Waals surface area contributed by atoms with Gasteiger partial charge in [-0.2, -0.15) is 0 Å². The van der Waals surface area contributed by atoms with E-state index in [2.05, 4.69) is 66.4 Å². The lowest BCUT2D eigenvalue weighted by atomic mass is 9.94. The number of nitrogens with zero attached hydrogens (tertiary/aromatic N) is 1. The molecule has 0 spiro atoms. The highest BCUT2D eigenvalue weighted by Crippen LogP contribution is 2.25. The molecule has 2 aromatic rings. The molecule has 28 heavy (non-hydrogen) atoms. The van der Waals surface area contributed by atoms with E-state index in [0.717, 1.165) is 25.9 Å². The summed E-state index contributed by atoms with van der Waals surface area (Å²) in [6.07, 6.45) is 3.88. The maximum Gasteiger partial charge on any atom is 0.307 e. The highest BCUT2D eigenvalue weighted by Gasteiger charge is 2.24. The number of piperidine rings is 1. The van der Waals surface area contributed by atoms with Crippen molar-refractivity contribution in [2.75, 3.05) is 32.8 Å². The second-order valence-electron chi connectivity index (χ2n) is 7.35. The Hall–Kier alpha value is -2.43. The zero-order valence-corrected chi connectivity index (χ0v) is 16.5. The maximum absolute atomic E-state index is 11.2. The fraction of sp³-hybridized carbons (Fsp3) is 0.375. The summed E-state index contributed by atoms with van der Waals surface area (Å²) in [6, 6.07) is 18.8. The molecule has 0 bridgehead atoms. The van der Waals surface area contributed by atoms with Crippen LogP contribution in [0.3, 0.4) is 0 Å². The summed E-state index contributed by atoms with van der Waals surface area (Å²) >= 11 is 0. The second-order valence-corrected chi connectivity index (χ2v) is 7.35. The van der Waals surface area contributed by atoms with E-state index in [1.54, 1.807) is 0 Å². The molecule has 1 aliphatic heterocycles. The molecule has 0 aliphatic carbocycles. The quantitative estimate of drug-likeness (QED) is 0.697. The Kier molecular flexibility index (Phi) is 7.40. The van der Waals surface area contributed by atoms with E-state index in [0.29, 0.717) is 19.8 Å². The fourth-order valence-electron chi connectivity index (χ4n) is 3.76. The van der Waals surface area contributed by atoms with Crippen LogP contribution in [-0.2, 0) is 9.53 Å². The minimum absolute atomic E-state index is 0.237. The van der Waals surface area contributed by atoms with Crippen molar-refractivity contribution in [1.82, 2.24) is 4.90 Å². The molecule has 0 aromatic heterocycles. The lowest BCUT2D eigenvalue weighted by Crippen LogP contribution is -2.40. The summed E-state index contributed by atoms with van der Waals surface area (Å²) in [4.78, 5) is 13.4. The highest BCUT2D eigenvalue weighted by molar-refractivity contribution is 5.81. The van der Waals surface area contributed by atoms with Gasteiger partial charge in [-0.3, -0.25) is 4.79 Å². The lowest BCUT2D eigenvalue weighted by molar-refractivity contribution is -0.143. The van der Waals surface area contributed by atoms with Gasteiger partial charge >= 0.3 is 5.97 Å². The number of aliphatic carboxylic acids is 1. The summed E-state index contributed by atoms with van der Waals surface area (Å²) in [5.74, 6) is -0.918. The van der Waals surface area contributed by atoms with E-state index in [-0.39, 0.29) is 5.92 Å². The smallest absolute Gasteiger partial charge is 0.307 e. The number of likely N-dealkylation sites (tertiary alicyclic amines) is 1. The molecular weight excluding hydrogens is 350 g/mol. The first kappa shape index (κ1) is 20.3. The molecule has 0 amide bonds. The predicted molar refractivity (Wildman–Crippen MR) is 112 cm³/mol. The molecule has 4 heteroatoms. The fourth-order valence-corrected chi connectivity index (χ4v) is 3.76. The zero-order chi connectivity index (χ0) is 19.8. The SMILES string of the molecule is Cc1ccccc1C(=CCOCCN1CCCC(C(=O)O)C1)c1ccccc1. The van der Waals surface area contributed by atoms with Crippen molar-refractivity contribution in [3.63, 3.8) is 0 Å². The Morgan fingerprint density at radius 2 is 1.93 bits per heavy atom. The molecule has 1 unspecified atom stereocenters. The number of ether oxygens (including phenoxy) is 1. The third-order valence-corrected chi connectivity index (χ3v) is 5.33. The van der Waals surface area contributed by atoms with Gasteiger partial charge in [0.15, 0.2) is 0 Å². The number of aryl methyl sites for hydroxylation is 1. The van der Waals surface area contributed by atoms with E-state index in [1.165, 1.54) is 22.3 Å². The molecule has 1 heterocycles. The largest absolute Gasteiger partial charge is 0.481 e. The molecule has 2 aromatic carbocycles. The minimum atomic E-state index is -0.681. The van der Waals surface area contributed by atoms with Gasteiger partial charge in [-0.1, -0.05) is 60.7 Å². The molecule has 1 atom stereocenters. The van der Waals surface area contributed by atoms with E-state index in [1.807, 2.05) is 6.07 Å². The Bertz CT molecular complexity index is 801. The van der Waals surface area contributed by atoms with E-state index in [4.69, 9.17) is 4.74 Å². The second kappa shape index (κ2) is 10.2. The first-order valence-electron chi connectivity index (χ1n) is 9.99. The van der Waals surface area contributed by atoms with E-state index < -0.39 is 5.97 Å². The third kappa shape index (κ3) is 5.54. The summed E-state index contributed by atoms with van der Waals surface area (Å²) in [6.45, 7) is 5.65. The summed E-state index contributed by atoms with van der Waals surface area (Å²) in [5, 5.41) is 9.20. The first-order valence-corrected chi connectivity index (χ1v) is 9.99. The molecule has 1 N–H and O–H groups in total. The van der Waals surface area contributed by atoms with Crippen LogP contribution in [0.5, 0.6) is 0 Å². The number of hydrogen-bond acceptors (Lipinski definition) is 3. The topological polar surface area (TPSA) is 49.8 Å². The van der Waals surface area contributed by atoms with E-state index in [9.17, 15) is 9.90 Å². The van der Waals surface area contributed by atoms with Crippen LogP contribution in [0.15, 0.2) is 60.7 Å². The Labute approximate surface area is 167 Å². The summed E-state index contributed by atoms with van der Waals surface area (Å²) in [5.41, 5.74) is 4.83. The molecule has 148 valence electrons. The minimum Gasteiger partial charge on any atom is -0.481 e. The lowest BCUT2D eigenvalue weighted by Gasteiger charge is -2.30. The first-order chi connectivity index (χ1) is 13.6. The molecular formula is C24H29NO3. The molecule has 1 aliphatic rings. The van der Waals surface area contributed by atoms with Crippen LogP contribution < -0.4 is 0 Å². The van der Waals surface area contributed by atoms with Crippen LogP contribution in [0.4, 0.5) is 0 Å². The van der Waals surface area contributed by atoms with Crippen molar-refractivity contribution < 1.29 is 14.6 Å². The normalized spacial score (nSPS) is 18.2. The summed E-state index contributed by atoms with van der Waals surface area (Å²) < 4.78 is 5.88. The monoisotopic (exact) mass is 379 g/mol. The number of carbonyl (C=O) groups is 1. The number of carboxylic acids is 1. The number of rotatable bonds is 8. The van der Waals surface area contributed by atoms with Crippen LogP contribution in [0.1, 0.15) is 29.5 Å². The van der Waals surface area contributed by atoms with Crippen molar-refractivity contribution in [3.05, 3.63) is 77.4 Å². The molecule has 3 rings (SSSR count). The molecule has 1 fully saturated rings. The van der Waals surface area contributed by atoms with Gasteiger partial charge in [-0.25, -0.2) is 0 Å². The van der Waals surface area contributed by atoms with Crippen molar-refractivity contribution in [3.8, 4) is 0 Å². The van der Waals surface area contributed by atoms with Crippen molar-refractivity contribution in [1.29, 1.82) is 0 Å². The molecule has 1 saturated heterocycles. The Morgan fingerprint density at radius 3 is 2.68 bits per heavy atom. The average molecular weight is 380 g/mol. The van der Waals surface area contributed by atoms with Crippen LogP contribution in [0.25, 0.3) is 5.57 Å². The highest BCUT2D eigenvalue weighted by atomic mass is 16.5. The van der Waals surface area contributed by atoms with Gasteiger partial charge in [0.1, 0.15) is 0 Å². The predicted octanol–water partition coefficient (Wildman–Crippen LogP) is 4.24. The number of hydrogen-bond donors (Lipinski definition) is 1. The molecule has 4 nitrogen and oxygen atoms in total. The van der Waals surface area contributed by atoms with Crippen LogP contribution in [0, 0.1) is 12.8 Å². The van der Waals surface area contributed by atoms with Gasteiger partial charge < -0.3 is 14.7 Å². The van der Waals surface area contributed by atoms with Gasteiger partial charge in [-0.15, -0.1) is 0 Å². The standard InChI is InChI=1S/C24H29NO3/c1-19-8-5-6-12-22(19)23(20-9-3-2-4-10-20)13-16-28-17-15-25-14-7-11-21(18-25)24(26)27/h2-6,8-10,12-13,21H,7,11,14-18H2,1H3,(H,26,27). The van der Waals surface area contributed by atoms with Gasteiger partial charge in [0, 0.05) is 13.1 Å². The van der Waals surface area contributed by atoms with Crippen LogP contribution in [0.2, 0.25) is 0 Å². The van der Waals surface area contributed by atoms with Gasteiger partial charge in [0.25, 0.3) is 0 Å². The van der Waals surface area contributed by atoms with E-state index >= 15 is 0 Å². The van der Waals surface area contributed by atoms with Crippen LogP contribution >= 0.6 is 0 Å². The van der Waals surface area contributed by atoms with Crippen molar-refractivity contribution in [2.45, 2.75) is 19.8 Å². The van der Waals surface area contributed by atoms with Gasteiger partial charge in [-0.05, 0) is 48.6 Å². The summed E-state index contributed by atoms with van der Waals surface area (Å²) in [7, 11) is 0. The molecule has 0 saturated carbocycles. The third-order valence-electron chi connectivity index (χ3n) is 5.33. The van der Waals surface area contributed by atoms with Crippen molar-refractivity contribution in [2.24, 2.45) is 5.92 Å².